The van der Waals surface area contributed by atoms with Crippen molar-refractivity contribution in [3.8, 4) is 0 Å². The number of hydrogen-bond acceptors (Lipinski definition) is 6. The van der Waals surface area contributed by atoms with Crippen LogP contribution in [0.4, 0.5) is 5.13 Å². The molecule has 0 radical (unpaired) electrons. The van der Waals surface area contributed by atoms with Crippen molar-refractivity contribution >= 4 is 32.2 Å². The zero-order chi connectivity index (χ0) is 17.1. The summed E-state index contributed by atoms with van der Waals surface area (Å²) in [6.07, 6.45) is 0.887. The highest BCUT2D eigenvalue weighted by Gasteiger charge is 2.24. The molecule has 1 aromatic carbocycles. The molecule has 0 unspecified atom stereocenters. The van der Waals surface area contributed by atoms with Crippen LogP contribution in [0, 0.1) is 0 Å². The first-order chi connectivity index (χ1) is 10.7. The summed E-state index contributed by atoms with van der Waals surface area (Å²) in [6.45, 7) is 6.13. The molecule has 1 heterocycles. The van der Waals surface area contributed by atoms with E-state index in [4.69, 9.17) is 0 Å². The van der Waals surface area contributed by atoms with E-state index >= 15 is 0 Å². The number of amides is 1. The lowest BCUT2D eigenvalue weighted by Gasteiger charge is -2.17. The third-order valence-corrected chi connectivity index (χ3v) is 6.39. The third-order valence-electron chi connectivity index (χ3n) is 3.56. The molecule has 0 aliphatic heterocycles. The molecule has 8 heteroatoms. The lowest BCUT2D eigenvalue weighted by atomic mass is 9.91. The fraction of sp³-hybridized carbons (Fsp3) is 0.400. The number of nitrogens with one attached hydrogen (secondary N) is 1. The maximum Gasteiger partial charge on any atom is 0.241 e. The molecular weight excluding hydrogens is 334 g/mol. The Bertz CT molecular complexity index is 783. The number of aromatic nitrogens is 2. The molecule has 0 bridgehead atoms. The van der Waals surface area contributed by atoms with E-state index in [1.54, 1.807) is 18.2 Å². The van der Waals surface area contributed by atoms with Crippen molar-refractivity contribution in [3.63, 3.8) is 0 Å². The molecule has 0 aliphatic carbocycles. The second-order valence-electron chi connectivity index (χ2n) is 5.77. The molecule has 1 amide bonds. The van der Waals surface area contributed by atoms with Crippen molar-refractivity contribution in [1.29, 1.82) is 0 Å². The summed E-state index contributed by atoms with van der Waals surface area (Å²) in [6, 6.07) is 7.89. The SMILES string of the molecule is CCC(C)(C)c1nnc(NC(=O)CS(=O)(=O)c2ccccc2)s1. The third kappa shape index (κ3) is 4.35. The number of sulfone groups is 1. The van der Waals surface area contributed by atoms with E-state index in [0.29, 0.717) is 5.13 Å². The smallest absolute Gasteiger partial charge is 0.241 e. The van der Waals surface area contributed by atoms with E-state index in [1.165, 1.54) is 23.5 Å². The fourth-order valence-corrected chi connectivity index (χ4v) is 3.83. The van der Waals surface area contributed by atoms with Crippen LogP contribution < -0.4 is 5.32 Å². The molecule has 0 atom stereocenters. The molecule has 0 saturated carbocycles. The van der Waals surface area contributed by atoms with E-state index in [2.05, 4.69) is 15.5 Å². The molecule has 0 saturated heterocycles. The summed E-state index contributed by atoms with van der Waals surface area (Å²) in [4.78, 5) is 12.1. The normalized spacial score (nSPS) is 12.1. The lowest BCUT2D eigenvalue weighted by molar-refractivity contribution is -0.113. The van der Waals surface area contributed by atoms with Crippen LogP contribution in [0.3, 0.4) is 0 Å². The molecule has 1 aromatic heterocycles. The largest absolute Gasteiger partial charge is 0.300 e. The van der Waals surface area contributed by atoms with Crippen LogP contribution in [0.1, 0.15) is 32.2 Å². The minimum absolute atomic E-state index is 0.125. The molecule has 124 valence electrons. The van der Waals surface area contributed by atoms with E-state index < -0.39 is 21.5 Å². The van der Waals surface area contributed by atoms with Crippen molar-refractivity contribution in [1.82, 2.24) is 10.2 Å². The van der Waals surface area contributed by atoms with E-state index in [9.17, 15) is 13.2 Å². The fourth-order valence-electron chi connectivity index (χ4n) is 1.74. The Morgan fingerprint density at radius 2 is 1.87 bits per heavy atom. The highest BCUT2D eigenvalue weighted by Crippen LogP contribution is 2.30. The van der Waals surface area contributed by atoms with Gasteiger partial charge in [0, 0.05) is 5.41 Å². The molecule has 6 nitrogen and oxygen atoms in total. The van der Waals surface area contributed by atoms with Gasteiger partial charge in [0.1, 0.15) is 10.8 Å². The van der Waals surface area contributed by atoms with E-state index in [0.717, 1.165) is 11.4 Å². The standard InChI is InChI=1S/C15H19N3O3S2/c1-4-15(2,3)13-17-18-14(22-13)16-12(19)10-23(20,21)11-8-6-5-7-9-11/h5-9H,4,10H2,1-3H3,(H,16,18,19). The Kier molecular flexibility index (Phi) is 5.16. The zero-order valence-corrected chi connectivity index (χ0v) is 14.9. The monoisotopic (exact) mass is 353 g/mol. The molecule has 0 aliphatic rings. The van der Waals surface area contributed by atoms with Crippen LogP contribution in [0.5, 0.6) is 0 Å². The number of nitrogens with zero attached hydrogens (tertiary/aromatic N) is 2. The Morgan fingerprint density at radius 3 is 2.48 bits per heavy atom. The highest BCUT2D eigenvalue weighted by molar-refractivity contribution is 7.92. The average molecular weight is 353 g/mol. The second kappa shape index (κ2) is 6.76. The first kappa shape index (κ1) is 17.6. The summed E-state index contributed by atoms with van der Waals surface area (Å²) >= 11 is 1.27. The van der Waals surface area contributed by atoms with Crippen LogP contribution >= 0.6 is 11.3 Å². The van der Waals surface area contributed by atoms with Gasteiger partial charge in [0.05, 0.1) is 4.90 Å². The highest BCUT2D eigenvalue weighted by atomic mass is 32.2. The van der Waals surface area contributed by atoms with Gasteiger partial charge in [0.25, 0.3) is 0 Å². The first-order valence-electron chi connectivity index (χ1n) is 7.16. The van der Waals surface area contributed by atoms with Gasteiger partial charge in [-0.3, -0.25) is 10.1 Å². The van der Waals surface area contributed by atoms with Crippen LogP contribution in [-0.2, 0) is 20.0 Å². The summed E-state index contributed by atoms with van der Waals surface area (Å²) in [5, 5.41) is 11.6. The maximum atomic E-state index is 12.2. The molecule has 0 fully saturated rings. The van der Waals surface area contributed by atoms with Crippen molar-refractivity contribution < 1.29 is 13.2 Å². The molecule has 2 rings (SSSR count). The number of rotatable bonds is 6. The van der Waals surface area contributed by atoms with E-state index in [-0.39, 0.29) is 10.3 Å². The summed E-state index contributed by atoms with van der Waals surface area (Å²) in [5.74, 6) is -1.24. The van der Waals surface area contributed by atoms with Crippen LogP contribution in [-0.4, -0.2) is 30.3 Å². The predicted molar refractivity (Wildman–Crippen MR) is 90.4 cm³/mol. The Balaban J connectivity index is 2.06. The lowest BCUT2D eigenvalue weighted by Crippen LogP contribution is -2.22. The summed E-state index contributed by atoms with van der Waals surface area (Å²) in [7, 11) is -3.66. The van der Waals surface area contributed by atoms with Gasteiger partial charge in [0.15, 0.2) is 9.84 Å². The number of hydrogen-bond donors (Lipinski definition) is 1. The molecule has 1 N–H and O–H groups in total. The Morgan fingerprint density at radius 1 is 1.22 bits per heavy atom. The van der Waals surface area contributed by atoms with Crippen molar-refractivity contribution in [2.75, 3.05) is 11.1 Å². The maximum absolute atomic E-state index is 12.2. The number of benzene rings is 1. The number of carbonyl (C=O) groups is 1. The zero-order valence-electron chi connectivity index (χ0n) is 13.2. The van der Waals surface area contributed by atoms with Crippen LogP contribution in [0.25, 0.3) is 0 Å². The van der Waals surface area contributed by atoms with Gasteiger partial charge < -0.3 is 0 Å². The van der Waals surface area contributed by atoms with Crippen molar-refractivity contribution in [2.24, 2.45) is 0 Å². The van der Waals surface area contributed by atoms with E-state index in [1.807, 2.05) is 20.8 Å². The minimum atomic E-state index is -3.66. The van der Waals surface area contributed by atoms with Crippen molar-refractivity contribution in [2.45, 2.75) is 37.5 Å². The minimum Gasteiger partial charge on any atom is -0.300 e. The van der Waals surface area contributed by atoms with Gasteiger partial charge in [-0.2, -0.15) is 0 Å². The molecule has 0 spiro atoms. The van der Waals surface area contributed by atoms with Crippen LogP contribution in [0.2, 0.25) is 0 Å². The summed E-state index contributed by atoms with van der Waals surface area (Å²) in [5.41, 5.74) is -0.128. The van der Waals surface area contributed by atoms with Gasteiger partial charge in [0.2, 0.25) is 11.0 Å². The summed E-state index contributed by atoms with van der Waals surface area (Å²) < 4.78 is 24.3. The van der Waals surface area contributed by atoms with Gasteiger partial charge in [-0.25, -0.2) is 8.42 Å². The van der Waals surface area contributed by atoms with Crippen LogP contribution in [0.15, 0.2) is 35.2 Å². The second-order valence-corrected chi connectivity index (χ2v) is 8.74. The molecule has 2 aromatic rings. The molecule has 23 heavy (non-hydrogen) atoms. The average Bonchev–Trinajstić information content (AvgIpc) is 2.96. The van der Waals surface area contributed by atoms with Gasteiger partial charge in [-0.15, -0.1) is 10.2 Å². The van der Waals surface area contributed by atoms with Gasteiger partial charge >= 0.3 is 0 Å². The van der Waals surface area contributed by atoms with Gasteiger partial charge in [-0.05, 0) is 18.6 Å². The number of anilines is 1. The Hall–Kier alpha value is -1.80. The topological polar surface area (TPSA) is 89.0 Å². The van der Waals surface area contributed by atoms with Gasteiger partial charge in [-0.1, -0.05) is 50.3 Å². The Labute approximate surface area is 139 Å². The predicted octanol–water partition coefficient (Wildman–Crippen LogP) is 2.64. The first-order valence-corrected chi connectivity index (χ1v) is 9.63. The quantitative estimate of drug-likeness (QED) is 0.862. The number of carbonyl (C=O) groups excluding carboxylic acids is 1. The van der Waals surface area contributed by atoms with Crippen molar-refractivity contribution in [3.05, 3.63) is 35.3 Å². The molecular formula is C15H19N3O3S2.